The number of carbonyl (C=O) groups is 2. The molecule has 4 N–H and O–H groups in total. The number of H-pyrrole nitrogens is 1. The molecule has 0 aliphatic heterocycles. The predicted octanol–water partition coefficient (Wildman–Crippen LogP) is 3.92. The van der Waals surface area contributed by atoms with E-state index in [0.717, 1.165) is 10.6 Å². The van der Waals surface area contributed by atoms with Gasteiger partial charge in [0.15, 0.2) is 5.13 Å². The van der Waals surface area contributed by atoms with Crippen molar-refractivity contribution in [2.45, 2.75) is 36.0 Å². The molecule has 28 heavy (non-hydrogen) atoms. The van der Waals surface area contributed by atoms with E-state index in [1.807, 2.05) is 5.38 Å². The van der Waals surface area contributed by atoms with Crippen molar-refractivity contribution >= 4 is 40.0 Å². The fraction of sp³-hybridized carbons (Fsp3) is 0.263. The SMILES string of the molecule is NC(=O)c1cc(-c2csc(NC(=O)c3cccnc3SC3CCCC3)n2)c[nH]1. The molecular formula is C19H19N5O2S2. The van der Waals surface area contributed by atoms with Crippen LogP contribution in [0.15, 0.2) is 41.0 Å². The molecule has 3 aromatic rings. The number of thiazole rings is 1. The quantitative estimate of drug-likeness (QED) is 0.567. The average Bonchev–Trinajstić information content (AvgIpc) is 3.43. The van der Waals surface area contributed by atoms with Crippen LogP contribution in [-0.4, -0.2) is 32.0 Å². The van der Waals surface area contributed by atoms with Crippen molar-refractivity contribution in [2.24, 2.45) is 5.73 Å². The normalized spacial score (nSPS) is 14.3. The molecule has 0 unspecified atom stereocenters. The molecule has 0 bridgehead atoms. The second kappa shape index (κ2) is 8.15. The molecule has 9 heteroatoms. The van der Waals surface area contributed by atoms with E-state index in [1.54, 1.807) is 42.4 Å². The van der Waals surface area contributed by atoms with E-state index in [0.29, 0.717) is 27.3 Å². The lowest BCUT2D eigenvalue weighted by atomic mass is 10.2. The van der Waals surface area contributed by atoms with E-state index in [4.69, 9.17) is 5.73 Å². The fourth-order valence-electron chi connectivity index (χ4n) is 3.13. The number of aromatic nitrogens is 3. The first-order valence-electron chi connectivity index (χ1n) is 8.97. The summed E-state index contributed by atoms with van der Waals surface area (Å²) in [6.07, 6.45) is 8.20. The van der Waals surface area contributed by atoms with Gasteiger partial charge in [-0.25, -0.2) is 9.97 Å². The Bertz CT molecular complexity index is 1010. The van der Waals surface area contributed by atoms with Crippen molar-refractivity contribution < 1.29 is 9.59 Å². The highest BCUT2D eigenvalue weighted by atomic mass is 32.2. The van der Waals surface area contributed by atoms with Crippen molar-refractivity contribution in [3.63, 3.8) is 0 Å². The van der Waals surface area contributed by atoms with Gasteiger partial charge in [-0.1, -0.05) is 12.8 Å². The van der Waals surface area contributed by atoms with Crippen LogP contribution < -0.4 is 11.1 Å². The molecular weight excluding hydrogens is 394 g/mol. The lowest BCUT2D eigenvalue weighted by Gasteiger charge is -2.11. The number of thioether (sulfide) groups is 1. The van der Waals surface area contributed by atoms with Crippen molar-refractivity contribution in [1.29, 1.82) is 0 Å². The number of nitrogens with one attached hydrogen (secondary N) is 2. The first-order chi connectivity index (χ1) is 13.6. The first-order valence-corrected chi connectivity index (χ1v) is 10.7. The third-order valence-electron chi connectivity index (χ3n) is 4.57. The largest absolute Gasteiger partial charge is 0.364 e. The highest BCUT2D eigenvalue weighted by Gasteiger charge is 2.21. The molecule has 144 valence electrons. The number of primary amides is 1. The lowest BCUT2D eigenvalue weighted by molar-refractivity contribution is 0.0993. The Morgan fingerprint density at radius 1 is 1.32 bits per heavy atom. The minimum Gasteiger partial charge on any atom is -0.364 e. The first kappa shape index (κ1) is 18.7. The number of anilines is 1. The Morgan fingerprint density at radius 3 is 2.89 bits per heavy atom. The molecule has 3 aromatic heterocycles. The number of amides is 2. The number of hydrogen-bond donors (Lipinski definition) is 3. The Labute approximate surface area is 170 Å². The van der Waals surface area contributed by atoms with E-state index < -0.39 is 5.91 Å². The minimum absolute atomic E-state index is 0.221. The van der Waals surface area contributed by atoms with Crippen molar-refractivity contribution in [2.75, 3.05) is 5.32 Å². The zero-order valence-corrected chi connectivity index (χ0v) is 16.6. The standard InChI is InChI=1S/C19H19N5O2S2/c20-16(25)14-8-11(9-22-14)15-10-27-19(23-15)24-17(26)13-6-3-7-21-18(13)28-12-4-1-2-5-12/h3,6-10,12,22H,1-2,4-5H2,(H2,20,25)(H,23,24,26). The molecule has 0 spiro atoms. The van der Waals surface area contributed by atoms with Gasteiger partial charge in [0.25, 0.3) is 11.8 Å². The molecule has 1 fully saturated rings. The van der Waals surface area contributed by atoms with Crippen LogP contribution in [0.1, 0.15) is 46.5 Å². The summed E-state index contributed by atoms with van der Waals surface area (Å²) in [4.78, 5) is 35.7. The maximum absolute atomic E-state index is 12.8. The lowest BCUT2D eigenvalue weighted by Crippen LogP contribution is -2.14. The van der Waals surface area contributed by atoms with Crippen LogP contribution in [0.2, 0.25) is 0 Å². The summed E-state index contributed by atoms with van der Waals surface area (Å²) in [6, 6.07) is 5.20. The number of nitrogens with zero attached hydrogens (tertiary/aromatic N) is 2. The second-order valence-electron chi connectivity index (χ2n) is 6.54. The van der Waals surface area contributed by atoms with Gasteiger partial charge in [-0.05, 0) is 31.0 Å². The Morgan fingerprint density at radius 2 is 2.14 bits per heavy atom. The van der Waals surface area contributed by atoms with Crippen molar-refractivity contribution in [3.8, 4) is 11.3 Å². The fourth-order valence-corrected chi connectivity index (χ4v) is 5.14. The van der Waals surface area contributed by atoms with Gasteiger partial charge in [-0.3, -0.25) is 14.9 Å². The minimum atomic E-state index is -0.529. The Balaban J connectivity index is 1.48. The summed E-state index contributed by atoms with van der Waals surface area (Å²) < 4.78 is 0. The van der Waals surface area contributed by atoms with Crippen LogP contribution in [0.4, 0.5) is 5.13 Å². The highest BCUT2D eigenvalue weighted by molar-refractivity contribution is 7.99. The molecule has 0 radical (unpaired) electrons. The van der Waals surface area contributed by atoms with Crippen molar-refractivity contribution in [3.05, 3.63) is 47.2 Å². The van der Waals surface area contributed by atoms with Crippen LogP contribution in [0.25, 0.3) is 11.3 Å². The van der Waals surface area contributed by atoms with Crippen molar-refractivity contribution in [1.82, 2.24) is 15.0 Å². The maximum atomic E-state index is 12.8. The molecule has 1 saturated carbocycles. The topological polar surface area (TPSA) is 114 Å². The number of nitrogens with two attached hydrogens (primary N) is 1. The number of aromatic amines is 1. The van der Waals surface area contributed by atoms with Gasteiger partial charge in [0.1, 0.15) is 10.7 Å². The maximum Gasteiger partial charge on any atom is 0.265 e. The van der Waals surface area contributed by atoms with Crippen LogP contribution >= 0.6 is 23.1 Å². The molecule has 7 nitrogen and oxygen atoms in total. The Kier molecular flexibility index (Phi) is 5.45. The number of pyridine rings is 1. The van der Waals surface area contributed by atoms with Gasteiger partial charge < -0.3 is 10.7 Å². The summed E-state index contributed by atoms with van der Waals surface area (Å²) in [6.45, 7) is 0. The molecule has 1 aliphatic rings. The summed E-state index contributed by atoms with van der Waals surface area (Å²) in [5, 5.41) is 6.46. The average molecular weight is 414 g/mol. The monoisotopic (exact) mass is 413 g/mol. The van der Waals surface area contributed by atoms with Gasteiger partial charge >= 0.3 is 0 Å². The van der Waals surface area contributed by atoms with E-state index in [9.17, 15) is 9.59 Å². The summed E-state index contributed by atoms with van der Waals surface area (Å²) in [7, 11) is 0. The molecule has 3 heterocycles. The third kappa shape index (κ3) is 4.10. The predicted molar refractivity (Wildman–Crippen MR) is 111 cm³/mol. The van der Waals surface area contributed by atoms with E-state index in [-0.39, 0.29) is 5.91 Å². The van der Waals surface area contributed by atoms with Crippen LogP contribution in [0.5, 0.6) is 0 Å². The highest BCUT2D eigenvalue weighted by Crippen LogP contribution is 2.35. The number of carbonyl (C=O) groups excluding carboxylic acids is 2. The third-order valence-corrected chi connectivity index (χ3v) is 6.68. The summed E-state index contributed by atoms with van der Waals surface area (Å²) in [5.74, 6) is -0.750. The van der Waals surface area contributed by atoms with Gasteiger partial charge in [0.2, 0.25) is 0 Å². The summed E-state index contributed by atoms with van der Waals surface area (Å²) >= 11 is 3.01. The van der Waals surface area contributed by atoms with Gasteiger partial charge in [-0.15, -0.1) is 23.1 Å². The van der Waals surface area contributed by atoms with Gasteiger partial charge in [0.05, 0.1) is 11.3 Å². The molecule has 0 saturated heterocycles. The van der Waals surface area contributed by atoms with Crippen LogP contribution in [0, 0.1) is 0 Å². The Hall–Kier alpha value is -2.65. The smallest absolute Gasteiger partial charge is 0.265 e. The molecule has 1 aliphatic carbocycles. The number of rotatable bonds is 6. The van der Waals surface area contributed by atoms with Gasteiger partial charge in [-0.2, -0.15) is 0 Å². The molecule has 2 amide bonds. The van der Waals surface area contributed by atoms with E-state index in [2.05, 4.69) is 20.3 Å². The zero-order valence-electron chi connectivity index (χ0n) is 15.0. The second-order valence-corrected chi connectivity index (χ2v) is 8.69. The van der Waals surface area contributed by atoms with E-state index in [1.165, 1.54) is 37.0 Å². The molecule has 0 aromatic carbocycles. The number of hydrogen-bond acceptors (Lipinski definition) is 6. The van der Waals surface area contributed by atoms with Gasteiger partial charge in [0, 0.05) is 28.6 Å². The van der Waals surface area contributed by atoms with Crippen LogP contribution in [-0.2, 0) is 0 Å². The van der Waals surface area contributed by atoms with E-state index >= 15 is 0 Å². The molecule has 4 rings (SSSR count). The zero-order chi connectivity index (χ0) is 19.5. The summed E-state index contributed by atoms with van der Waals surface area (Å²) in [5.41, 5.74) is 7.54. The molecule has 0 atom stereocenters. The van der Waals surface area contributed by atoms with Crippen LogP contribution in [0.3, 0.4) is 0 Å².